The molecule has 0 bridgehead atoms. The maximum Gasteiger partial charge on any atom is 0.241 e. The summed E-state index contributed by atoms with van der Waals surface area (Å²) in [6.07, 6.45) is 0.586. The van der Waals surface area contributed by atoms with Crippen LogP contribution < -0.4 is 11.1 Å². The van der Waals surface area contributed by atoms with E-state index in [4.69, 9.17) is 10.8 Å². The Labute approximate surface area is 124 Å². The first-order valence-corrected chi connectivity index (χ1v) is 7.09. The Kier molecular flexibility index (Phi) is 6.58. The van der Waals surface area contributed by atoms with Crippen molar-refractivity contribution in [3.63, 3.8) is 0 Å². The van der Waals surface area contributed by atoms with Crippen molar-refractivity contribution in [2.24, 2.45) is 0 Å². The highest BCUT2D eigenvalue weighted by atomic mass is 19.1. The maximum absolute atomic E-state index is 13.6. The number of amides is 1. The van der Waals surface area contributed by atoms with Crippen molar-refractivity contribution in [1.29, 1.82) is 0 Å². The van der Waals surface area contributed by atoms with Crippen molar-refractivity contribution < 1.29 is 14.3 Å². The molecule has 0 fully saturated rings. The Morgan fingerprint density at radius 3 is 2.67 bits per heavy atom. The molecule has 1 aromatic carbocycles. The Bertz CT molecular complexity index is 480. The van der Waals surface area contributed by atoms with E-state index in [1.807, 2.05) is 18.7 Å². The van der Waals surface area contributed by atoms with Gasteiger partial charge in [0.25, 0.3) is 0 Å². The molecule has 0 heterocycles. The molecule has 6 heteroatoms. The zero-order valence-corrected chi connectivity index (χ0v) is 12.8. The first kappa shape index (κ1) is 17.4. The summed E-state index contributed by atoms with van der Waals surface area (Å²) in [5, 5.41) is 11.5. The molecule has 1 unspecified atom stereocenters. The summed E-state index contributed by atoms with van der Waals surface area (Å²) < 4.78 is 13.6. The van der Waals surface area contributed by atoms with Gasteiger partial charge < -0.3 is 16.2 Å². The number of aliphatic hydroxyl groups excluding tert-OH is 1. The van der Waals surface area contributed by atoms with E-state index >= 15 is 0 Å². The summed E-state index contributed by atoms with van der Waals surface area (Å²) in [6, 6.07) is 3.77. The second kappa shape index (κ2) is 7.95. The minimum Gasteiger partial charge on any atom is -0.399 e. The van der Waals surface area contributed by atoms with Gasteiger partial charge in [-0.2, -0.15) is 0 Å². The predicted octanol–water partition coefficient (Wildman–Crippen LogP) is 1.83. The van der Waals surface area contributed by atoms with Crippen molar-refractivity contribution >= 4 is 17.3 Å². The number of nitrogen functional groups attached to an aromatic ring is 1. The van der Waals surface area contributed by atoms with Gasteiger partial charge in [-0.05, 0) is 45.4 Å². The SMILES string of the molecule is CC(C)N(CCCO)C(C)C(=O)Nc1cc(N)ccc1F. The monoisotopic (exact) mass is 297 g/mol. The zero-order chi connectivity index (χ0) is 16.0. The number of nitrogens with one attached hydrogen (secondary N) is 1. The van der Waals surface area contributed by atoms with E-state index in [2.05, 4.69) is 5.32 Å². The van der Waals surface area contributed by atoms with Gasteiger partial charge in [0.15, 0.2) is 0 Å². The lowest BCUT2D eigenvalue weighted by molar-refractivity contribution is -0.121. The van der Waals surface area contributed by atoms with Crippen LogP contribution in [0.3, 0.4) is 0 Å². The molecule has 0 aliphatic rings. The Morgan fingerprint density at radius 2 is 2.10 bits per heavy atom. The van der Waals surface area contributed by atoms with Crippen LogP contribution in [0.15, 0.2) is 18.2 Å². The third-order valence-electron chi connectivity index (χ3n) is 3.36. The molecule has 1 rings (SSSR count). The standard InChI is InChI=1S/C15H24FN3O2/c1-10(2)19(7-4-8-20)11(3)15(21)18-14-9-12(17)5-6-13(14)16/h5-6,9-11,20H,4,7-8,17H2,1-3H3,(H,18,21). The lowest BCUT2D eigenvalue weighted by Crippen LogP contribution is -2.46. The molecule has 0 spiro atoms. The molecular weight excluding hydrogens is 273 g/mol. The normalized spacial score (nSPS) is 12.7. The van der Waals surface area contributed by atoms with Crippen LogP contribution in [-0.4, -0.2) is 41.1 Å². The van der Waals surface area contributed by atoms with Gasteiger partial charge in [-0.3, -0.25) is 9.69 Å². The van der Waals surface area contributed by atoms with Crippen LogP contribution in [0.1, 0.15) is 27.2 Å². The minimum atomic E-state index is -0.517. The number of aliphatic hydroxyl groups is 1. The van der Waals surface area contributed by atoms with Crippen molar-refractivity contribution in [2.45, 2.75) is 39.3 Å². The number of carbonyl (C=O) groups excluding carboxylic acids is 1. The van der Waals surface area contributed by atoms with Crippen molar-refractivity contribution in [3.05, 3.63) is 24.0 Å². The predicted molar refractivity (Wildman–Crippen MR) is 82.4 cm³/mol. The summed E-state index contributed by atoms with van der Waals surface area (Å²) in [7, 11) is 0. The molecular formula is C15H24FN3O2. The number of benzene rings is 1. The average molecular weight is 297 g/mol. The Balaban J connectivity index is 2.78. The fourth-order valence-corrected chi connectivity index (χ4v) is 2.18. The zero-order valence-electron chi connectivity index (χ0n) is 12.8. The molecule has 0 aromatic heterocycles. The summed E-state index contributed by atoms with van der Waals surface area (Å²) in [6.45, 7) is 6.38. The molecule has 1 amide bonds. The maximum atomic E-state index is 13.6. The molecule has 4 N–H and O–H groups in total. The molecule has 0 aliphatic carbocycles. The summed E-state index contributed by atoms with van der Waals surface area (Å²) in [4.78, 5) is 14.2. The van der Waals surface area contributed by atoms with E-state index in [0.29, 0.717) is 18.7 Å². The van der Waals surface area contributed by atoms with E-state index in [9.17, 15) is 9.18 Å². The fourth-order valence-electron chi connectivity index (χ4n) is 2.18. The van der Waals surface area contributed by atoms with E-state index in [1.54, 1.807) is 6.92 Å². The van der Waals surface area contributed by atoms with Gasteiger partial charge in [-0.15, -0.1) is 0 Å². The molecule has 1 atom stereocenters. The molecule has 0 radical (unpaired) electrons. The number of nitrogens with zero attached hydrogens (tertiary/aromatic N) is 1. The van der Waals surface area contributed by atoms with Crippen molar-refractivity contribution in [2.75, 3.05) is 24.2 Å². The number of hydrogen-bond acceptors (Lipinski definition) is 4. The number of anilines is 2. The van der Waals surface area contributed by atoms with Crippen LogP contribution in [0.2, 0.25) is 0 Å². The van der Waals surface area contributed by atoms with Crippen molar-refractivity contribution in [3.8, 4) is 0 Å². The van der Waals surface area contributed by atoms with Crippen LogP contribution in [0.5, 0.6) is 0 Å². The smallest absolute Gasteiger partial charge is 0.241 e. The van der Waals surface area contributed by atoms with Crippen LogP contribution in [0.25, 0.3) is 0 Å². The molecule has 0 saturated heterocycles. The number of hydrogen-bond donors (Lipinski definition) is 3. The molecule has 0 saturated carbocycles. The molecule has 1 aromatic rings. The number of rotatable bonds is 7. The van der Waals surface area contributed by atoms with Crippen LogP contribution in [0, 0.1) is 5.82 Å². The Hall–Kier alpha value is -1.66. The molecule has 21 heavy (non-hydrogen) atoms. The third kappa shape index (κ3) is 4.99. The highest BCUT2D eigenvalue weighted by Gasteiger charge is 2.23. The van der Waals surface area contributed by atoms with Crippen molar-refractivity contribution in [1.82, 2.24) is 4.90 Å². The minimum absolute atomic E-state index is 0.0708. The van der Waals surface area contributed by atoms with Crippen LogP contribution >= 0.6 is 0 Å². The van der Waals surface area contributed by atoms with Gasteiger partial charge in [0.2, 0.25) is 5.91 Å². The lowest BCUT2D eigenvalue weighted by atomic mass is 10.1. The highest BCUT2D eigenvalue weighted by molar-refractivity contribution is 5.95. The van der Waals surface area contributed by atoms with Crippen LogP contribution in [0.4, 0.5) is 15.8 Å². The molecule has 118 valence electrons. The average Bonchev–Trinajstić information content (AvgIpc) is 2.42. The summed E-state index contributed by atoms with van der Waals surface area (Å²) >= 11 is 0. The van der Waals surface area contributed by atoms with Gasteiger partial charge in [0.1, 0.15) is 5.82 Å². The van der Waals surface area contributed by atoms with Gasteiger partial charge in [0.05, 0.1) is 11.7 Å². The van der Waals surface area contributed by atoms with Gasteiger partial charge in [-0.1, -0.05) is 0 Å². The molecule has 0 aliphatic heterocycles. The quantitative estimate of drug-likeness (QED) is 0.671. The van der Waals surface area contributed by atoms with Gasteiger partial charge in [0, 0.05) is 24.9 Å². The number of carbonyl (C=O) groups is 1. The summed E-state index contributed by atoms with van der Waals surface area (Å²) in [5.74, 6) is -0.817. The second-order valence-electron chi connectivity index (χ2n) is 5.31. The third-order valence-corrected chi connectivity index (χ3v) is 3.36. The second-order valence-corrected chi connectivity index (χ2v) is 5.31. The van der Waals surface area contributed by atoms with Gasteiger partial charge in [-0.25, -0.2) is 4.39 Å². The fraction of sp³-hybridized carbons (Fsp3) is 0.533. The Morgan fingerprint density at radius 1 is 1.43 bits per heavy atom. The first-order chi connectivity index (χ1) is 9.86. The van der Waals surface area contributed by atoms with Crippen LogP contribution in [-0.2, 0) is 4.79 Å². The largest absolute Gasteiger partial charge is 0.399 e. The van der Waals surface area contributed by atoms with E-state index < -0.39 is 11.9 Å². The summed E-state index contributed by atoms with van der Waals surface area (Å²) in [5.41, 5.74) is 6.07. The molecule has 5 nitrogen and oxygen atoms in total. The topological polar surface area (TPSA) is 78.6 Å². The lowest BCUT2D eigenvalue weighted by Gasteiger charge is -2.31. The first-order valence-electron chi connectivity index (χ1n) is 7.09. The van der Waals surface area contributed by atoms with E-state index in [0.717, 1.165) is 0 Å². The van der Waals surface area contributed by atoms with Gasteiger partial charge >= 0.3 is 0 Å². The number of nitrogens with two attached hydrogens (primary N) is 1. The van der Waals surface area contributed by atoms with E-state index in [-0.39, 0.29) is 24.2 Å². The van der Waals surface area contributed by atoms with E-state index in [1.165, 1.54) is 18.2 Å². The highest BCUT2D eigenvalue weighted by Crippen LogP contribution is 2.18. The number of halogens is 1.